The Morgan fingerprint density at radius 2 is 2.07 bits per heavy atom. The van der Waals surface area contributed by atoms with E-state index in [0.717, 1.165) is 18.5 Å². The summed E-state index contributed by atoms with van der Waals surface area (Å²) in [4.78, 5) is 16.6. The number of carbonyl (C=O) groups excluding carboxylic acids is 1. The lowest BCUT2D eigenvalue weighted by atomic mass is 10.2. The largest absolute Gasteiger partial charge is 0.273 e. The first-order chi connectivity index (χ1) is 6.86. The Labute approximate surface area is 83.2 Å². The molecular weight excluding hydrogens is 178 g/mol. The molecule has 0 unspecified atom stereocenters. The lowest BCUT2D eigenvalue weighted by molar-refractivity contribution is -0.182. The van der Waals surface area contributed by atoms with Crippen LogP contribution in [-0.2, 0) is 16.2 Å². The Morgan fingerprint density at radius 1 is 1.29 bits per heavy atom. The Hall–Kier alpha value is -1.35. The van der Waals surface area contributed by atoms with Crippen molar-refractivity contribution in [1.29, 1.82) is 0 Å². The molecule has 1 amide bonds. The van der Waals surface area contributed by atoms with Crippen LogP contribution in [0.5, 0.6) is 0 Å². The second kappa shape index (κ2) is 4.24. The molecule has 0 radical (unpaired) electrons. The van der Waals surface area contributed by atoms with Gasteiger partial charge in [-0.05, 0) is 12.0 Å². The molecule has 1 heterocycles. The van der Waals surface area contributed by atoms with Gasteiger partial charge in [-0.1, -0.05) is 30.3 Å². The molecular formula is C11H13NO2. The van der Waals surface area contributed by atoms with Crippen molar-refractivity contribution in [2.24, 2.45) is 0 Å². The second-order valence-corrected chi connectivity index (χ2v) is 3.36. The molecule has 3 heteroatoms. The van der Waals surface area contributed by atoms with Crippen molar-refractivity contribution in [2.75, 3.05) is 6.54 Å². The van der Waals surface area contributed by atoms with Gasteiger partial charge < -0.3 is 0 Å². The minimum atomic E-state index is 0.0981. The van der Waals surface area contributed by atoms with E-state index in [1.165, 1.54) is 5.06 Å². The minimum absolute atomic E-state index is 0.0981. The third-order valence-corrected chi connectivity index (χ3v) is 2.26. The summed E-state index contributed by atoms with van der Waals surface area (Å²) in [5.74, 6) is 0.0981. The molecule has 0 bridgehead atoms. The SMILES string of the molecule is O=C1CCCN1OCc1ccccc1. The van der Waals surface area contributed by atoms with Crippen molar-refractivity contribution in [2.45, 2.75) is 19.4 Å². The van der Waals surface area contributed by atoms with Crippen LogP contribution in [0.4, 0.5) is 0 Å². The molecule has 0 aliphatic carbocycles. The van der Waals surface area contributed by atoms with Gasteiger partial charge in [-0.15, -0.1) is 0 Å². The molecule has 74 valence electrons. The summed E-state index contributed by atoms with van der Waals surface area (Å²) in [5.41, 5.74) is 1.09. The number of benzene rings is 1. The maximum absolute atomic E-state index is 11.2. The summed E-state index contributed by atoms with van der Waals surface area (Å²) in [6.45, 7) is 1.21. The smallest absolute Gasteiger partial charge is 0.246 e. The summed E-state index contributed by atoms with van der Waals surface area (Å²) < 4.78 is 0. The molecule has 1 saturated heterocycles. The number of hydrogen-bond donors (Lipinski definition) is 0. The predicted octanol–water partition coefficient (Wildman–Crippen LogP) is 1.74. The monoisotopic (exact) mass is 191 g/mol. The van der Waals surface area contributed by atoms with Crippen LogP contribution < -0.4 is 0 Å². The second-order valence-electron chi connectivity index (χ2n) is 3.36. The Bertz CT molecular complexity index is 310. The minimum Gasteiger partial charge on any atom is -0.273 e. The van der Waals surface area contributed by atoms with Gasteiger partial charge >= 0.3 is 0 Å². The molecule has 14 heavy (non-hydrogen) atoms. The van der Waals surface area contributed by atoms with E-state index in [1.54, 1.807) is 0 Å². The van der Waals surface area contributed by atoms with Crippen LogP contribution >= 0.6 is 0 Å². The fraction of sp³-hybridized carbons (Fsp3) is 0.364. The zero-order valence-electron chi connectivity index (χ0n) is 7.98. The van der Waals surface area contributed by atoms with Gasteiger partial charge in [0.25, 0.3) is 0 Å². The third-order valence-electron chi connectivity index (χ3n) is 2.26. The van der Waals surface area contributed by atoms with Gasteiger partial charge in [-0.25, -0.2) is 5.06 Å². The van der Waals surface area contributed by atoms with Crippen LogP contribution in [0, 0.1) is 0 Å². The number of hydroxylamine groups is 2. The van der Waals surface area contributed by atoms with E-state index in [1.807, 2.05) is 30.3 Å². The van der Waals surface area contributed by atoms with Crippen LogP contribution in [0.3, 0.4) is 0 Å². The maximum Gasteiger partial charge on any atom is 0.246 e. The first-order valence-corrected chi connectivity index (χ1v) is 4.83. The van der Waals surface area contributed by atoms with Gasteiger partial charge in [0.05, 0.1) is 0 Å². The summed E-state index contributed by atoms with van der Waals surface area (Å²) in [6.07, 6.45) is 1.53. The van der Waals surface area contributed by atoms with Crippen molar-refractivity contribution < 1.29 is 9.63 Å². The van der Waals surface area contributed by atoms with E-state index >= 15 is 0 Å². The fourth-order valence-corrected chi connectivity index (χ4v) is 1.49. The molecule has 0 saturated carbocycles. The molecule has 0 spiro atoms. The van der Waals surface area contributed by atoms with Crippen LogP contribution in [0.25, 0.3) is 0 Å². The summed E-state index contributed by atoms with van der Waals surface area (Å²) >= 11 is 0. The molecule has 0 aromatic heterocycles. The van der Waals surface area contributed by atoms with E-state index in [9.17, 15) is 4.79 Å². The van der Waals surface area contributed by atoms with Gasteiger partial charge in [0.2, 0.25) is 5.91 Å². The normalized spacial score (nSPS) is 16.3. The Kier molecular flexibility index (Phi) is 2.79. The number of rotatable bonds is 3. The topological polar surface area (TPSA) is 29.5 Å². The summed E-state index contributed by atoms with van der Waals surface area (Å²) in [7, 11) is 0. The van der Waals surface area contributed by atoms with Gasteiger partial charge in [0, 0.05) is 13.0 Å². The van der Waals surface area contributed by atoms with E-state index in [0.29, 0.717) is 13.0 Å². The number of carbonyl (C=O) groups is 1. The average molecular weight is 191 g/mol. The maximum atomic E-state index is 11.2. The van der Waals surface area contributed by atoms with E-state index in [4.69, 9.17) is 4.84 Å². The molecule has 1 aromatic carbocycles. The van der Waals surface area contributed by atoms with Crippen LogP contribution in [0.15, 0.2) is 30.3 Å². The highest BCUT2D eigenvalue weighted by atomic mass is 16.7. The van der Waals surface area contributed by atoms with Crippen LogP contribution in [0.1, 0.15) is 18.4 Å². The number of amides is 1. The molecule has 1 aromatic rings. The molecule has 3 nitrogen and oxygen atoms in total. The molecule has 0 atom stereocenters. The molecule has 0 N–H and O–H groups in total. The predicted molar refractivity (Wildman–Crippen MR) is 52.2 cm³/mol. The molecule has 2 rings (SSSR count). The van der Waals surface area contributed by atoms with Crippen LogP contribution in [0.2, 0.25) is 0 Å². The fourth-order valence-electron chi connectivity index (χ4n) is 1.49. The lowest BCUT2D eigenvalue weighted by Crippen LogP contribution is -2.24. The summed E-state index contributed by atoms with van der Waals surface area (Å²) in [5, 5.41) is 1.47. The van der Waals surface area contributed by atoms with Gasteiger partial charge in [0.15, 0.2) is 0 Å². The van der Waals surface area contributed by atoms with E-state index in [-0.39, 0.29) is 5.91 Å². The highest BCUT2D eigenvalue weighted by Gasteiger charge is 2.20. The highest BCUT2D eigenvalue weighted by molar-refractivity contribution is 5.76. The van der Waals surface area contributed by atoms with Gasteiger partial charge in [0.1, 0.15) is 6.61 Å². The molecule has 1 fully saturated rings. The summed E-state index contributed by atoms with van der Waals surface area (Å²) in [6, 6.07) is 9.86. The standard InChI is InChI=1S/C11H13NO2/c13-11-7-4-8-12(11)14-9-10-5-2-1-3-6-10/h1-3,5-6H,4,7-9H2. The van der Waals surface area contributed by atoms with E-state index in [2.05, 4.69) is 0 Å². The van der Waals surface area contributed by atoms with Crippen molar-refractivity contribution in [3.05, 3.63) is 35.9 Å². The van der Waals surface area contributed by atoms with Crippen molar-refractivity contribution in [1.82, 2.24) is 5.06 Å². The van der Waals surface area contributed by atoms with Crippen molar-refractivity contribution >= 4 is 5.91 Å². The lowest BCUT2D eigenvalue weighted by Gasteiger charge is -2.14. The first kappa shape index (κ1) is 9.21. The van der Waals surface area contributed by atoms with Gasteiger partial charge in [-0.2, -0.15) is 0 Å². The number of nitrogens with zero attached hydrogens (tertiary/aromatic N) is 1. The third kappa shape index (κ3) is 2.12. The zero-order chi connectivity index (χ0) is 9.80. The van der Waals surface area contributed by atoms with Crippen molar-refractivity contribution in [3.63, 3.8) is 0 Å². The van der Waals surface area contributed by atoms with Crippen molar-refractivity contribution in [3.8, 4) is 0 Å². The Morgan fingerprint density at radius 3 is 2.71 bits per heavy atom. The molecule has 1 aliphatic heterocycles. The highest BCUT2D eigenvalue weighted by Crippen LogP contribution is 2.11. The number of hydrogen-bond acceptors (Lipinski definition) is 2. The first-order valence-electron chi connectivity index (χ1n) is 4.83. The Balaban J connectivity index is 1.85. The molecule has 1 aliphatic rings. The van der Waals surface area contributed by atoms with E-state index < -0.39 is 0 Å². The zero-order valence-corrected chi connectivity index (χ0v) is 7.98. The van der Waals surface area contributed by atoms with Crippen LogP contribution in [-0.4, -0.2) is 17.5 Å². The quantitative estimate of drug-likeness (QED) is 0.728. The average Bonchev–Trinajstić information content (AvgIpc) is 2.63. The van der Waals surface area contributed by atoms with Gasteiger partial charge in [-0.3, -0.25) is 9.63 Å².